The maximum atomic E-state index is 4.06. The van der Waals surface area contributed by atoms with Crippen LogP contribution in [-0.4, -0.2) is 15.2 Å². The van der Waals surface area contributed by atoms with E-state index in [2.05, 4.69) is 172 Å². The molecule has 4 heteroatoms. The highest BCUT2D eigenvalue weighted by molar-refractivity contribution is 6.12. The van der Waals surface area contributed by atoms with E-state index >= 15 is 0 Å². The molecule has 4 heterocycles. The summed E-state index contributed by atoms with van der Waals surface area (Å²) in [6.07, 6.45) is 1.09. The minimum atomic E-state index is 0.0613. The second kappa shape index (κ2) is 10.0. The Morgan fingerprint density at radius 2 is 1.22 bits per heavy atom. The fourth-order valence-electron chi connectivity index (χ4n) is 9.20. The number of allylic oxidation sites excluding steroid dienone is 1. The van der Waals surface area contributed by atoms with Crippen molar-refractivity contribution in [3.63, 3.8) is 0 Å². The molecule has 0 fully saturated rings. The molecule has 0 spiro atoms. The summed E-state index contributed by atoms with van der Waals surface area (Å²) in [5, 5.41) is 12.1. The molecule has 0 saturated heterocycles. The first-order chi connectivity index (χ1) is 24.2. The van der Waals surface area contributed by atoms with Crippen molar-refractivity contribution >= 4 is 55.2 Å². The predicted molar refractivity (Wildman–Crippen MR) is 204 cm³/mol. The quantitative estimate of drug-likeness (QED) is 0.204. The summed E-state index contributed by atoms with van der Waals surface area (Å²) in [6, 6.07) is 53.4. The third kappa shape index (κ3) is 3.74. The van der Waals surface area contributed by atoms with Gasteiger partial charge in [-0.3, -0.25) is 0 Å². The number of fused-ring (bicyclic) bond motifs is 10. The highest BCUT2D eigenvalue weighted by Crippen LogP contribution is 2.55. The average Bonchev–Trinajstić information content (AvgIpc) is 3.78. The van der Waals surface area contributed by atoms with Crippen LogP contribution in [0.1, 0.15) is 29.9 Å². The van der Waals surface area contributed by atoms with Gasteiger partial charge in [0.1, 0.15) is 6.17 Å². The molecule has 11 rings (SSSR count). The van der Waals surface area contributed by atoms with Crippen molar-refractivity contribution in [2.45, 2.75) is 25.6 Å². The van der Waals surface area contributed by atoms with Crippen molar-refractivity contribution < 1.29 is 0 Å². The molecule has 0 saturated carbocycles. The predicted octanol–water partition coefficient (Wildman–Crippen LogP) is 10.9. The van der Waals surface area contributed by atoms with Crippen molar-refractivity contribution in [3.05, 3.63) is 162 Å². The van der Waals surface area contributed by atoms with Crippen molar-refractivity contribution in [3.8, 4) is 16.8 Å². The molecule has 2 aromatic heterocycles. The van der Waals surface area contributed by atoms with E-state index in [4.69, 9.17) is 0 Å². The summed E-state index contributed by atoms with van der Waals surface area (Å²) in [5.74, 6) is 0.365. The molecule has 0 amide bonds. The lowest BCUT2D eigenvalue weighted by Gasteiger charge is -2.35. The van der Waals surface area contributed by atoms with Gasteiger partial charge < -0.3 is 19.8 Å². The van der Waals surface area contributed by atoms with Crippen LogP contribution in [0, 0.1) is 5.92 Å². The smallest absolute Gasteiger partial charge is 0.129 e. The number of nitrogens with one attached hydrogen (secondary N) is 2. The number of hydrogen-bond donors (Lipinski definition) is 2. The molecule has 3 atom stereocenters. The zero-order chi connectivity index (χ0) is 32.2. The van der Waals surface area contributed by atoms with E-state index < -0.39 is 0 Å². The van der Waals surface area contributed by atoms with Gasteiger partial charge in [-0.25, -0.2) is 0 Å². The maximum Gasteiger partial charge on any atom is 0.129 e. The standard InChI is InChI=1S/C45H34N4/c1-27-24-35-33-17-9-11-19-39(33)49-44(35)42(43-45(49)47-37-26-29(20-22-36(37)46-43)28-12-4-2-5-13-28)41(27)30-21-23-40-34(25-30)32-16-8-10-18-38(32)48(40)31-14-6-3-7-15-31/h2-23,25-27,43,45-47H,24H2,1H3. The van der Waals surface area contributed by atoms with Gasteiger partial charge in [0.05, 0.1) is 39.7 Å². The lowest BCUT2D eigenvalue weighted by Crippen LogP contribution is -2.36. The van der Waals surface area contributed by atoms with Crippen LogP contribution in [0.15, 0.2) is 146 Å². The van der Waals surface area contributed by atoms with E-state index in [-0.39, 0.29) is 12.2 Å². The molecule has 1 aliphatic carbocycles. The number of aromatic nitrogens is 2. The van der Waals surface area contributed by atoms with Crippen molar-refractivity contribution in [2.75, 3.05) is 10.6 Å². The Kier molecular flexibility index (Phi) is 5.51. The van der Waals surface area contributed by atoms with Crippen LogP contribution in [0.2, 0.25) is 0 Å². The van der Waals surface area contributed by atoms with Crippen molar-refractivity contribution in [1.82, 2.24) is 9.13 Å². The highest BCUT2D eigenvalue weighted by atomic mass is 15.3. The first kappa shape index (κ1) is 27.0. The topological polar surface area (TPSA) is 33.9 Å². The molecular weight excluding hydrogens is 597 g/mol. The SMILES string of the molecule is CC1Cc2c3n(c4ccccc24)C2Nc4cc(-c5ccccc5)ccc4NC2C3=C1c1ccc2c(c1)c1ccccc1n2-c1ccccc1. The fourth-order valence-corrected chi connectivity index (χ4v) is 9.20. The number of hydrogen-bond acceptors (Lipinski definition) is 2. The molecule has 0 radical (unpaired) electrons. The third-order valence-electron chi connectivity index (χ3n) is 11.2. The lowest BCUT2D eigenvalue weighted by atomic mass is 9.76. The number of nitrogens with zero attached hydrogens (tertiary/aromatic N) is 2. The monoisotopic (exact) mass is 630 g/mol. The van der Waals surface area contributed by atoms with Crippen LogP contribution < -0.4 is 10.6 Å². The fraction of sp³-hybridized carbons (Fsp3) is 0.111. The van der Waals surface area contributed by atoms with Crippen LogP contribution in [0.4, 0.5) is 11.4 Å². The first-order valence-electron chi connectivity index (χ1n) is 17.4. The second-order valence-corrected chi connectivity index (χ2v) is 13.9. The summed E-state index contributed by atoms with van der Waals surface area (Å²) in [7, 11) is 0. The van der Waals surface area contributed by atoms with Gasteiger partial charge in [-0.1, -0.05) is 104 Å². The van der Waals surface area contributed by atoms with Gasteiger partial charge in [-0.15, -0.1) is 0 Å². The molecule has 234 valence electrons. The molecule has 49 heavy (non-hydrogen) atoms. The Balaban J connectivity index is 1.14. The summed E-state index contributed by atoms with van der Waals surface area (Å²) < 4.78 is 5.01. The molecule has 0 bridgehead atoms. The van der Waals surface area contributed by atoms with Crippen LogP contribution in [-0.2, 0) is 6.42 Å². The lowest BCUT2D eigenvalue weighted by molar-refractivity contribution is 0.582. The molecule has 2 aliphatic heterocycles. The third-order valence-corrected chi connectivity index (χ3v) is 11.2. The normalized spacial score (nSPS) is 19.1. The molecule has 6 aromatic carbocycles. The summed E-state index contributed by atoms with van der Waals surface area (Å²) in [6.45, 7) is 2.43. The van der Waals surface area contributed by atoms with Gasteiger partial charge in [0, 0.05) is 27.4 Å². The minimum absolute atomic E-state index is 0.0613. The van der Waals surface area contributed by atoms with E-state index in [1.54, 1.807) is 0 Å². The van der Waals surface area contributed by atoms with Gasteiger partial charge in [-0.05, 0) is 88.7 Å². The number of benzene rings is 6. The molecular formula is C45H34N4. The Morgan fingerprint density at radius 1 is 0.531 bits per heavy atom. The maximum absolute atomic E-state index is 4.06. The Morgan fingerprint density at radius 3 is 2.06 bits per heavy atom. The van der Waals surface area contributed by atoms with Gasteiger partial charge in [0.25, 0.3) is 0 Å². The summed E-state index contributed by atoms with van der Waals surface area (Å²) >= 11 is 0. The Labute approximate surface area is 284 Å². The second-order valence-electron chi connectivity index (χ2n) is 13.9. The molecule has 3 unspecified atom stereocenters. The average molecular weight is 631 g/mol. The van der Waals surface area contributed by atoms with Crippen molar-refractivity contribution in [2.24, 2.45) is 5.92 Å². The highest BCUT2D eigenvalue weighted by Gasteiger charge is 2.47. The van der Waals surface area contributed by atoms with E-state index in [0.29, 0.717) is 5.92 Å². The molecule has 4 nitrogen and oxygen atoms in total. The van der Waals surface area contributed by atoms with Gasteiger partial charge >= 0.3 is 0 Å². The van der Waals surface area contributed by atoms with Crippen LogP contribution in [0.3, 0.4) is 0 Å². The van der Waals surface area contributed by atoms with E-state index in [1.807, 2.05) is 0 Å². The van der Waals surface area contributed by atoms with Crippen LogP contribution in [0.5, 0.6) is 0 Å². The van der Waals surface area contributed by atoms with E-state index in [0.717, 1.165) is 17.8 Å². The number of para-hydroxylation sites is 3. The minimum Gasteiger partial charge on any atom is -0.373 e. The molecule has 3 aliphatic rings. The van der Waals surface area contributed by atoms with Gasteiger partial charge in [0.15, 0.2) is 0 Å². The van der Waals surface area contributed by atoms with Gasteiger partial charge in [0.2, 0.25) is 0 Å². The van der Waals surface area contributed by atoms with Crippen molar-refractivity contribution in [1.29, 1.82) is 0 Å². The Hall–Kier alpha value is -6.00. The van der Waals surface area contributed by atoms with Crippen LogP contribution in [0.25, 0.3) is 60.7 Å². The van der Waals surface area contributed by atoms with Gasteiger partial charge in [-0.2, -0.15) is 0 Å². The summed E-state index contributed by atoms with van der Waals surface area (Å²) in [4.78, 5) is 0. The Bertz CT molecular complexity index is 2660. The summed E-state index contributed by atoms with van der Waals surface area (Å²) in [5.41, 5.74) is 16.8. The van der Waals surface area contributed by atoms with E-state index in [9.17, 15) is 0 Å². The first-order valence-corrected chi connectivity index (χ1v) is 17.4. The zero-order valence-corrected chi connectivity index (χ0v) is 27.2. The molecule has 8 aromatic rings. The van der Waals surface area contributed by atoms with E-state index in [1.165, 1.54) is 77.5 Å². The number of rotatable bonds is 3. The number of anilines is 2. The van der Waals surface area contributed by atoms with Crippen LogP contribution >= 0.6 is 0 Å². The zero-order valence-electron chi connectivity index (χ0n) is 27.2. The largest absolute Gasteiger partial charge is 0.373 e. The molecule has 2 N–H and O–H groups in total.